The van der Waals surface area contributed by atoms with Gasteiger partial charge in [-0.05, 0) is 12.1 Å². The zero-order valence-corrected chi connectivity index (χ0v) is 12.0. The molecule has 0 bridgehead atoms. The molecule has 1 fully saturated rings. The maximum atomic E-state index is 11.9. The number of rotatable bonds is 4. The van der Waals surface area contributed by atoms with E-state index in [4.69, 9.17) is 5.14 Å². The summed E-state index contributed by atoms with van der Waals surface area (Å²) in [4.78, 5) is 24.4. The van der Waals surface area contributed by atoms with Gasteiger partial charge in [0.05, 0.1) is 12.9 Å². The molecule has 1 aliphatic rings. The van der Waals surface area contributed by atoms with Crippen molar-refractivity contribution in [1.29, 1.82) is 0 Å². The average molecular weight is 314 g/mol. The van der Waals surface area contributed by atoms with E-state index in [-0.39, 0.29) is 42.1 Å². The Balaban J connectivity index is 2.12. The summed E-state index contributed by atoms with van der Waals surface area (Å²) in [6.45, 7) is 0.196. The van der Waals surface area contributed by atoms with Crippen molar-refractivity contribution in [2.45, 2.75) is 6.42 Å². The molecule has 1 aliphatic heterocycles. The van der Waals surface area contributed by atoms with Crippen molar-refractivity contribution in [3.05, 3.63) is 17.8 Å². The van der Waals surface area contributed by atoms with E-state index in [1.165, 1.54) is 24.1 Å². The molecule has 9 nitrogen and oxygen atoms in total. The molecule has 2 heterocycles. The Labute approximate surface area is 121 Å². The van der Waals surface area contributed by atoms with Crippen LogP contribution >= 0.6 is 0 Å². The molecule has 0 radical (unpaired) electrons. The number of esters is 1. The number of hydrogen-bond acceptors (Lipinski definition) is 7. The summed E-state index contributed by atoms with van der Waals surface area (Å²) in [6.07, 6.45) is 0.0802. The minimum Gasteiger partial charge on any atom is -0.464 e. The zero-order chi connectivity index (χ0) is 15.6. The summed E-state index contributed by atoms with van der Waals surface area (Å²) in [5.41, 5.74) is 0.0222. The first kappa shape index (κ1) is 15.3. The highest BCUT2D eigenvalue weighted by Crippen LogP contribution is 2.23. The normalized spacial score (nSPS) is 18.9. The highest BCUT2D eigenvalue weighted by Gasteiger charge is 2.33. The number of methoxy groups -OCH3 is 1. The highest BCUT2D eigenvalue weighted by atomic mass is 32.2. The van der Waals surface area contributed by atoms with Gasteiger partial charge in [0.25, 0.3) is 0 Å². The maximum Gasteiger partial charge on any atom is 0.358 e. The molecule has 1 aromatic rings. The second kappa shape index (κ2) is 5.74. The number of amides is 1. The van der Waals surface area contributed by atoms with Crippen molar-refractivity contribution >= 4 is 27.7 Å². The van der Waals surface area contributed by atoms with Gasteiger partial charge in [0.15, 0.2) is 11.5 Å². The SMILES string of the molecule is COC(=O)c1ccc(N2CC(CS(N)(=O)=O)CC2=O)nn1. The standard InChI is InChI=1S/C11H14N4O5S/c1-20-11(17)8-2-3-9(14-13-8)15-5-7(4-10(15)16)6-21(12,18)19/h2-3,7H,4-6H2,1H3,(H2,12,18,19). The number of ether oxygens (including phenoxy) is 1. The fourth-order valence-corrected chi connectivity index (χ4v) is 3.01. The van der Waals surface area contributed by atoms with Crippen LogP contribution in [0.4, 0.5) is 5.82 Å². The number of nitrogens with two attached hydrogens (primary N) is 1. The molecule has 1 saturated heterocycles. The van der Waals surface area contributed by atoms with Crippen LogP contribution in [0.5, 0.6) is 0 Å². The van der Waals surface area contributed by atoms with Crippen LogP contribution in [0.25, 0.3) is 0 Å². The first-order chi connectivity index (χ1) is 9.80. The quantitative estimate of drug-likeness (QED) is 0.698. The second-order valence-corrected chi connectivity index (χ2v) is 6.33. The van der Waals surface area contributed by atoms with E-state index in [1.807, 2.05) is 0 Å². The minimum atomic E-state index is -3.63. The van der Waals surface area contributed by atoms with Crippen molar-refractivity contribution in [2.75, 3.05) is 24.3 Å². The van der Waals surface area contributed by atoms with Gasteiger partial charge >= 0.3 is 5.97 Å². The molecule has 1 aromatic heterocycles. The predicted molar refractivity (Wildman–Crippen MR) is 71.8 cm³/mol. The van der Waals surface area contributed by atoms with Gasteiger partial charge in [-0.2, -0.15) is 0 Å². The van der Waals surface area contributed by atoms with E-state index in [2.05, 4.69) is 14.9 Å². The first-order valence-electron chi connectivity index (χ1n) is 6.03. The summed E-state index contributed by atoms with van der Waals surface area (Å²) in [5, 5.41) is 12.4. The van der Waals surface area contributed by atoms with Crippen LogP contribution in [0.3, 0.4) is 0 Å². The van der Waals surface area contributed by atoms with Gasteiger partial charge in [0.2, 0.25) is 15.9 Å². The van der Waals surface area contributed by atoms with Crippen molar-refractivity contribution < 1.29 is 22.7 Å². The fraction of sp³-hybridized carbons (Fsp3) is 0.455. The number of nitrogens with zero attached hydrogens (tertiary/aromatic N) is 3. The molecule has 114 valence electrons. The summed E-state index contributed by atoms with van der Waals surface area (Å²) in [6, 6.07) is 2.84. The largest absolute Gasteiger partial charge is 0.464 e. The number of anilines is 1. The number of carbonyl (C=O) groups excluding carboxylic acids is 2. The topological polar surface area (TPSA) is 133 Å². The number of sulfonamides is 1. The van der Waals surface area contributed by atoms with Gasteiger partial charge in [-0.3, -0.25) is 9.69 Å². The summed E-state index contributed by atoms with van der Waals surface area (Å²) >= 11 is 0. The lowest BCUT2D eigenvalue weighted by molar-refractivity contribution is -0.117. The van der Waals surface area contributed by atoms with E-state index in [1.54, 1.807) is 0 Å². The van der Waals surface area contributed by atoms with E-state index in [0.717, 1.165) is 0 Å². The lowest BCUT2D eigenvalue weighted by Gasteiger charge is -2.14. The summed E-state index contributed by atoms with van der Waals surface area (Å²) in [7, 11) is -2.41. The van der Waals surface area contributed by atoms with Crippen LogP contribution in [-0.2, 0) is 19.6 Å². The van der Waals surface area contributed by atoms with E-state index >= 15 is 0 Å². The third-order valence-electron chi connectivity index (χ3n) is 2.99. The number of carbonyl (C=O) groups is 2. The van der Waals surface area contributed by atoms with E-state index < -0.39 is 16.0 Å². The Bertz CT molecular complexity index is 658. The molecule has 1 unspecified atom stereocenters. The maximum absolute atomic E-state index is 11.9. The molecule has 0 aliphatic carbocycles. The molecular weight excluding hydrogens is 300 g/mol. The van der Waals surface area contributed by atoms with Gasteiger partial charge in [-0.15, -0.1) is 10.2 Å². The van der Waals surface area contributed by atoms with Gasteiger partial charge < -0.3 is 4.74 Å². The van der Waals surface area contributed by atoms with Crippen molar-refractivity contribution in [3.63, 3.8) is 0 Å². The number of primary sulfonamides is 1. The molecule has 0 saturated carbocycles. The fourth-order valence-electron chi connectivity index (χ4n) is 2.13. The first-order valence-corrected chi connectivity index (χ1v) is 7.74. The molecule has 0 spiro atoms. The van der Waals surface area contributed by atoms with Crippen LogP contribution in [0, 0.1) is 5.92 Å². The average Bonchev–Trinajstić information content (AvgIpc) is 2.76. The third kappa shape index (κ3) is 3.73. The summed E-state index contributed by atoms with van der Waals surface area (Å²) in [5.74, 6) is -1.28. The number of hydrogen-bond donors (Lipinski definition) is 1. The Morgan fingerprint density at radius 3 is 2.71 bits per heavy atom. The lowest BCUT2D eigenvalue weighted by atomic mass is 10.1. The van der Waals surface area contributed by atoms with E-state index in [9.17, 15) is 18.0 Å². The van der Waals surface area contributed by atoms with Gasteiger partial charge in [-0.25, -0.2) is 18.4 Å². The van der Waals surface area contributed by atoms with Crippen LogP contribution in [0.2, 0.25) is 0 Å². The molecule has 21 heavy (non-hydrogen) atoms. The Morgan fingerprint density at radius 1 is 1.48 bits per heavy atom. The van der Waals surface area contributed by atoms with Gasteiger partial charge in [0, 0.05) is 18.9 Å². The predicted octanol–water partition coefficient (Wildman–Crippen LogP) is -1.10. The van der Waals surface area contributed by atoms with E-state index in [0.29, 0.717) is 0 Å². The van der Waals surface area contributed by atoms with Gasteiger partial charge in [0.1, 0.15) is 0 Å². The van der Waals surface area contributed by atoms with Crippen LogP contribution in [0.15, 0.2) is 12.1 Å². The smallest absolute Gasteiger partial charge is 0.358 e. The lowest BCUT2D eigenvalue weighted by Crippen LogP contribution is -2.28. The Hall–Kier alpha value is -2.07. The Morgan fingerprint density at radius 2 is 2.19 bits per heavy atom. The van der Waals surface area contributed by atoms with Crippen LogP contribution in [0.1, 0.15) is 16.9 Å². The molecular formula is C11H14N4O5S. The highest BCUT2D eigenvalue weighted by molar-refractivity contribution is 7.89. The summed E-state index contributed by atoms with van der Waals surface area (Å²) < 4.78 is 26.6. The molecule has 2 N–H and O–H groups in total. The molecule has 1 amide bonds. The molecule has 10 heteroatoms. The molecule has 2 rings (SSSR count). The molecule has 0 aromatic carbocycles. The van der Waals surface area contributed by atoms with Crippen LogP contribution < -0.4 is 10.0 Å². The number of aromatic nitrogens is 2. The third-order valence-corrected chi connectivity index (χ3v) is 3.93. The molecule has 1 atom stereocenters. The van der Waals surface area contributed by atoms with Crippen molar-refractivity contribution in [2.24, 2.45) is 11.1 Å². The second-order valence-electron chi connectivity index (χ2n) is 4.67. The minimum absolute atomic E-state index is 0.0222. The van der Waals surface area contributed by atoms with Crippen molar-refractivity contribution in [1.82, 2.24) is 10.2 Å². The van der Waals surface area contributed by atoms with Crippen molar-refractivity contribution in [3.8, 4) is 0 Å². The zero-order valence-electron chi connectivity index (χ0n) is 11.2. The Kier molecular flexibility index (Phi) is 4.19. The van der Waals surface area contributed by atoms with Crippen LogP contribution in [-0.4, -0.2) is 49.9 Å². The van der Waals surface area contributed by atoms with Gasteiger partial charge in [-0.1, -0.05) is 0 Å². The monoisotopic (exact) mass is 314 g/mol.